The molecule has 0 unspecified atom stereocenters. The second-order valence-electron chi connectivity index (χ2n) is 4.61. The molecule has 0 fully saturated rings. The molecule has 0 saturated heterocycles. The molecule has 3 N–H and O–H groups in total. The number of rotatable bonds is 7. The molecule has 0 aliphatic heterocycles. The van der Waals surface area contributed by atoms with E-state index < -0.39 is 5.91 Å². The van der Waals surface area contributed by atoms with Crippen molar-refractivity contribution >= 4 is 11.8 Å². The number of nitrogens with two attached hydrogens (primary N) is 1. The van der Waals surface area contributed by atoms with E-state index in [9.17, 15) is 9.59 Å². The molecule has 0 spiro atoms. The van der Waals surface area contributed by atoms with E-state index in [0.717, 1.165) is 5.56 Å². The average molecular weight is 280 g/mol. The summed E-state index contributed by atoms with van der Waals surface area (Å²) in [4.78, 5) is 22.2. The summed E-state index contributed by atoms with van der Waals surface area (Å²) in [5.41, 5.74) is 5.90. The summed E-state index contributed by atoms with van der Waals surface area (Å²) in [6, 6.07) is 5.22. The van der Waals surface area contributed by atoms with Crippen LogP contribution in [0.2, 0.25) is 0 Å². The number of carbonyl (C=O) groups excluding carboxylic acids is 2. The standard InChI is InChI=1S/C14H20N2O4/c1-9(2)14(18)16-7-10-4-5-11(12(6-10)19-3)20-8-13(15)17/h4-6,9H,7-8H2,1-3H3,(H2,15,17)(H,16,18). The van der Waals surface area contributed by atoms with E-state index in [0.29, 0.717) is 18.0 Å². The Morgan fingerprint density at radius 1 is 1.30 bits per heavy atom. The highest BCUT2D eigenvalue weighted by molar-refractivity contribution is 5.77. The topological polar surface area (TPSA) is 90.7 Å². The van der Waals surface area contributed by atoms with Crippen molar-refractivity contribution in [3.63, 3.8) is 0 Å². The van der Waals surface area contributed by atoms with Crippen LogP contribution in [0, 0.1) is 5.92 Å². The Morgan fingerprint density at radius 2 is 2.00 bits per heavy atom. The van der Waals surface area contributed by atoms with Crippen molar-refractivity contribution in [1.29, 1.82) is 0 Å². The number of nitrogens with one attached hydrogen (secondary N) is 1. The predicted octanol–water partition coefficient (Wildman–Crippen LogP) is 0.831. The van der Waals surface area contributed by atoms with Crippen LogP contribution in [-0.4, -0.2) is 25.5 Å². The second-order valence-corrected chi connectivity index (χ2v) is 4.61. The molecule has 0 heterocycles. The van der Waals surface area contributed by atoms with Gasteiger partial charge in [0.05, 0.1) is 7.11 Å². The van der Waals surface area contributed by atoms with Gasteiger partial charge in [0.2, 0.25) is 5.91 Å². The summed E-state index contributed by atoms with van der Waals surface area (Å²) in [6.07, 6.45) is 0. The Labute approximate surface area is 118 Å². The maximum absolute atomic E-state index is 11.5. The van der Waals surface area contributed by atoms with Gasteiger partial charge in [0, 0.05) is 12.5 Å². The Balaban J connectivity index is 2.71. The molecule has 110 valence electrons. The molecule has 1 rings (SSSR count). The lowest BCUT2D eigenvalue weighted by Crippen LogP contribution is -2.27. The number of ether oxygens (including phenoxy) is 2. The van der Waals surface area contributed by atoms with Gasteiger partial charge in [-0.25, -0.2) is 0 Å². The van der Waals surface area contributed by atoms with Gasteiger partial charge in [0.25, 0.3) is 5.91 Å². The number of benzene rings is 1. The van der Waals surface area contributed by atoms with Gasteiger partial charge >= 0.3 is 0 Å². The SMILES string of the molecule is COc1cc(CNC(=O)C(C)C)ccc1OCC(N)=O. The van der Waals surface area contributed by atoms with E-state index >= 15 is 0 Å². The van der Waals surface area contributed by atoms with E-state index in [4.69, 9.17) is 15.2 Å². The summed E-state index contributed by atoms with van der Waals surface area (Å²) in [5, 5.41) is 2.81. The van der Waals surface area contributed by atoms with Gasteiger partial charge in [0.15, 0.2) is 18.1 Å². The number of primary amides is 1. The molecule has 1 aromatic carbocycles. The minimum atomic E-state index is -0.555. The maximum atomic E-state index is 11.5. The summed E-state index contributed by atoms with van der Waals surface area (Å²) >= 11 is 0. The first-order valence-corrected chi connectivity index (χ1v) is 6.29. The van der Waals surface area contributed by atoms with Gasteiger partial charge in [-0.2, -0.15) is 0 Å². The molecular weight excluding hydrogens is 260 g/mol. The zero-order chi connectivity index (χ0) is 15.1. The largest absolute Gasteiger partial charge is 0.493 e. The molecule has 0 radical (unpaired) electrons. The van der Waals surface area contributed by atoms with Crippen LogP contribution in [0.5, 0.6) is 11.5 Å². The summed E-state index contributed by atoms with van der Waals surface area (Å²) in [5.74, 6) is 0.293. The summed E-state index contributed by atoms with van der Waals surface area (Å²) in [6.45, 7) is 3.86. The average Bonchev–Trinajstić information content (AvgIpc) is 2.42. The van der Waals surface area contributed by atoms with Gasteiger partial charge in [0.1, 0.15) is 0 Å². The maximum Gasteiger partial charge on any atom is 0.255 e. The highest BCUT2D eigenvalue weighted by Gasteiger charge is 2.09. The third-order valence-corrected chi connectivity index (χ3v) is 2.59. The van der Waals surface area contributed by atoms with Crippen LogP contribution in [0.4, 0.5) is 0 Å². The zero-order valence-electron chi connectivity index (χ0n) is 11.9. The number of hydrogen-bond donors (Lipinski definition) is 2. The van der Waals surface area contributed by atoms with Crippen molar-refractivity contribution in [3.05, 3.63) is 23.8 Å². The van der Waals surface area contributed by atoms with Crippen molar-refractivity contribution in [2.75, 3.05) is 13.7 Å². The van der Waals surface area contributed by atoms with Crippen molar-refractivity contribution in [3.8, 4) is 11.5 Å². The zero-order valence-corrected chi connectivity index (χ0v) is 11.9. The molecule has 20 heavy (non-hydrogen) atoms. The minimum absolute atomic E-state index is 0.0157. The third kappa shape index (κ3) is 4.79. The monoisotopic (exact) mass is 280 g/mol. The van der Waals surface area contributed by atoms with Crippen LogP contribution in [0.25, 0.3) is 0 Å². The molecule has 1 aromatic rings. The molecule has 0 aromatic heterocycles. The van der Waals surface area contributed by atoms with Crippen LogP contribution in [0.1, 0.15) is 19.4 Å². The normalized spacial score (nSPS) is 10.2. The molecule has 0 atom stereocenters. The number of carbonyl (C=O) groups is 2. The van der Waals surface area contributed by atoms with Crippen molar-refractivity contribution in [2.45, 2.75) is 20.4 Å². The fourth-order valence-electron chi connectivity index (χ4n) is 1.48. The summed E-state index contributed by atoms with van der Waals surface area (Å²) < 4.78 is 10.4. The number of amides is 2. The molecule has 2 amide bonds. The van der Waals surface area contributed by atoms with Crippen LogP contribution in [0.3, 0.4) is 0 Å². The number of methoxy groups -OCH3 is 1. The lowest BCUT2D eigenvalue weighted by Gasteiger charge is -2.12. The molecule has 0 saturated carbocycles. The highest BCUT2D eigenvalue weighted by Crippen LogP contribution is 2.27. The van der Waals surface area contributed by atoms with Crippen LogP contribution in [0.15, 0.2) is 18.2 Å². The Hall–Kier alpha value is -2.24. The second kappa shape index (κ2) is 7.37. The van der Waals surface area contributed by atoms with E-state index in [1.807, 2.05) is 13.8 Å². The van der Waals surface area contributed by atoms with E-state index in [1.54, 1.807) is 18.2 Å². The summed E-state index contributed by atoms with van der Waals surface area (Å²) in [7, 11) is 1.50. The van der Waals surface area contributed by atoms with E-state index in [2.05, 4.69) is 5.32 Å². The van der Waals surface area contributed by atoms with Crippen molar-refractivity contribution in [2.24, 2.45) is 11.7 Å². The molecule has 6 nitrogen and oxygen atoms in total. The van der Waals surface area contributed by atoms with Gasteiger partial charge in [-0.05, 0) is 17.7 Å². The quantitative estimate of drug-likeness (QED) is 0.774. The lowest BCUT2D eigenvalue weighted by molar-refractivity contribution is -0.124. The Kier molecular flexibility index (Phi) is 5.83. The fraction of sp³-hybridized carbons (Fsp3) is 0.429. The van der Waals surface area contributed by atoms with Crippen molar-refractivity contribution < 1.29 is 19.1 Å². The molecule has 0 aliphatic carbocycles. The molecule has 0 aliphatic rings. The van der Waals surface area contributed by atoms with Gasteiger partial charge in [-0.3, -0.25) is 9.59 Å². The molecular formula is C14H20N2O4. The van der Waals surface area contributed by atoms with Crippen LogP contribution < -0.4 is 20.5 Å². The minimum Gasteiger partial charge on any atom is -0.493 e. The number of hydrogen-bond acceptors (Lipinski definition) is 4. The first-order valence-electron chi connectivity index (χ1n) is 6.29. The van der Waals surface area contributed by atoms with E-state index in [1.165, 1.54) is 7.11 Å². The Morgan fingerprint density at radius 3 is 2.55 bits per heavy atom. The first-order chi connectivity index (χ1) is 9.43. The lowest BCUT2D eigenvalue weighted by atomic mass is 10.1. The first kappa shape index (κ1) is 15.8. The smallest absolute Gasteiger partial charge is 0.255 e. The molecule has 6 heteroatoms. The Bertz CT molecular complexity index is 486. The van der Waals surface area contributed by atoms with Crippen LogP contribution >= 0.6 is 0 Å². The van der Waals surface area contributed by atoms with E-state index in [-0.39, 0.29) is 18.4 Å². The fourth-order valence-corrected chi connectivity index (χ4v) is 1.48. The van der Waals surface area contributed by atoms with Gasteiger partial charge in [-0.15, -0.1) is 0 Å². The third-order valence-electron chi connectivity index (χ3n) is 2.59. The van der Waals surface area contributed by atoms with Gasteiger partial charge in [-0.1, -0.05) is 19.9 Å². The molecule has 0 bridgehead atoms. The predicted molar refractivity (Wildman–Crippen MR) is 74.4 cm³/mol. The van der Waals surface area contributed by atoms with Gasteiger partial charge < -0.3 is 20.5 Å². The highest BCUT2D eigenvalue weighted by atomic mass is 16.5. The van der Waals surface area contributed by atoms with Crippen LogP contribution in [-0.2, 0) is 16.1 Å². The van der Waals surface area contributed by atoms with Crippen molar-refractivity contribution in [1.82, 2.24) is 5.32 Å².